The Morgan fingerprint density at radius 3 is 2.45 bits per heavy atom. The van der Waals surface area contributed by atoms with Gasteiger partial charge in [-0.15, -0.1) is 11.3 Å². The summed E-state index contributed by atoms with van der Waals surface area (Å²) in [5.41, 5.74) is 7.86. The zero-order valence-corrected chi connectivity index (χ0v) is 27.4. The molecule has 1 aromatic heterocycles. The summed E-state index contributed by atoms with van der Waals surface area (Å²) >= 11 is 5.12. The number of halogens is 1. The molecule has 1 heterocycles. The molecule has 7 nitrogen and oxygen atoms in total. The molecule has 4 aromatic carbocycles. The Bertz CT molecular complexity index is 1860. The van der Waals surface area contributed by atoms with Crippen molar-refractivity contribution >= 4 is 45.1 Å². The van der Waals surface area contributed by atoms with Gasteiger partial charge >= 0.3 is 0 Å². The van der Waals surface area contributed by atoms with Crippen LogP contribution < -0.4 is 19.6 Å². The second-order valence-corrected chi connectivity index (χ2v) is 12.0. The lowest BCUT2D eigenvalue weighted by Crippen LogP contribution is -2.21. The van der Waals surface area contributed by atoms with E-state index in [9.17, 15) is 4.79 Å². The van der Waals surface area contributed by atoms with Crippen LogP contribution in [0.3, 0.4) is 0 Å². The topological polar surface area (TPSA) is 77.2 Å². The molecule has 44 heavy (non-hydrogen) atoms. The summed E-state index contributed by atoms with van der Waals surface area (Å²) in [4.78, 5) is 18.3. The number of anilines is 1. The van der Waals surface area contributed by atoms with Crippen LogP contribution in [0.25, 0.3) is 11.3 Å². The Morgan fingerprint density at radius 2 is 1.73 bits per heavy atom. The number of aromatic nitrogens is 1. The Morgan fingerprint density at radius 1 is 0.955 bits per heavy atom. The zero-order valence-electron chi connectivity index (χ0n) is 25.0. The number of nitrogens with zero attached hydrogens (tertiary/aromatic N) is 3. The van der Waals surface area contributed by atoms with Crippen molar-refractivity contribution in [3.63, 3.8) is 0 Å². The van der Waals surface area contributed by atoms with Crippen molar-refractivity contribution in [2.24, 2.45) is 10.1 Å². The number of rotatable bonds is 10. The maximum atomic E-state index is 12.7. The molecule has 1 amide bonds. The molecule has 0 saturated heterocycles. The zero-order chi connectivity index (χ0) is 31.1. The predicted octanol–water partition coefficient (Wildman–Crippen LogP) is 7.91. The van der Waals surface area contributed by atoms with Crippen LogP contribution >= 0.6 is 27.3 Å². The molecule has 0 spiro atoms. The Balaban J connectivity index is 1.36. The van der Waals surface area contributed by atoms with Gasteiger partial charge in [-0.3, -0.25) is 9.79 Å². The number of nitrogens with one attached hydrogen (secondary N) is 1. The fraction of sp³-hybridized carbons (Fsp3) is 0.171. The van der Waals surface area contributed by atoms with Crippen molar-refractivity contribution in [2.45, 2.75) is 27.3 Å². The second kappa shape index (κ2) is 14.3. The molecule has 224 valence electrons. The van der Waals surface area contributed by atoms with E-state index >= 15 is 0 Å². The van der Waals surface area contributed by atoms with Gasteiger partial charge < -0.3 is 14.8 Å². The lowest BCUT2D eigenvalue weighted by atomic mass is 10.1. The van der Waals surface area contributed by atoms with E-state index in [0.29, 0.717) is 18.0 Å². The van der Waals surface area contributed by atoms with E-state index in [2.05, 4.69) is 44.8 Å². The summed E-state index contributed by atoms with van der Waals surface area (Å²) in [5.74, 6) is 0.725. The fourth-order valence-electron chi connectivity index (χ4n) is 4.81. The Kier molecular flexibility index (Phi) is 10.1. The maximum absolute atomic E-state index is 12.7. The quantitative estimate of drug-likeness (QED) is 0.154. The first-order valence-electron chi connectivity index (χ1n) is 14.0. The maximum Gasteiger partial charge on any atom is 0.262 e. The van der Waals surface area contributed by atoms with Crippen LogP contribution in [0.15, 0.2) is 105 Å². The van der Waals surface area contributed by atoms with Crippen molar-refractivity contribution in [1.82, 2.24) is 4.68 Å². The number of thiazole rings is 1. The molecular weight excluding hydrogens is 636 g/mol. The summed E-state index contributed by atoms with van der Waals surface area (Å²) in [6.07, 6.45) is 1.76. The van der Waals surface area contributed by atoms with Gasteiger partial charge in [0.25, 0.3) is 5.91 Å². The highest BCUT2D eigenvalue weighted by atomic mass is 79.9. The smallest absolute Gasteiger partial charge is 0.262 e. The van der Waals surface area contributed by atoms with Crippen molar-refractivity contribution in [3.05, 3.63) is 127 Å². The first-order valence-corrected chi connectivity index (χ1v) is 15.7. The minimum atomic E-state index is -0.242. The summed E-state index contributed by atoms with van der Waals surface area (Å²) in [6.45, 7) is 6.40. The Labute approximate surface area is 269 Å². The van der Waals surface area contributed by atoms with E-state index in [1.165, 1.54) is 11.3 Å². The molecule has 0 fully saturated rings. The van der Waals surface area contributed by atoms with E-state index in [-0.39, 0.29) is 12.5 Å². The highest BCUT2D eigenvalue weighted by Crippen LogP contribution is 2.29. The molecule has 0 saturated carbocycles. The standard InChI is InChI=1S/C35H33BrN4O3S/c1-23-15-24(2)34(25(3)16-23)39-33(41)21-43-31-14-13-27(17-32(31)42-4)20-38-40-30(28-11-8-12-29(36)18-28)22-44-35(40)37-19-26-9-6-5-7-10-26/h5-18,20,22H,19,21H2,1-4H3,(H,39,41)/b37-35?,38-20+. The summed E-state index contributed by atoms with van der Waals surface area (Å²) in [7, 11) is 1.57. The van der Waals surface area contributed by atoms with Crippen LogP contribution in [0, 0.1) is 20.8 Å². The molecule has 0 aliphatic carbocycles. The number of carbonyl (C=O) groups excluding carboxylic acids is 1. The highest BCUT2D eigenvalue weighted by molar-refractivity contribution is 9.10. The minimum absolute atomic E-state index is 0.149. The first-order chi connectivity index (χ1) is 21.3. The fourth-order valence-corrected chi connectivity index (χ4v) is 6.05. The summed E-state index contributed by atoms with van der Waals surface area (Å²) in [6, 6.07) is 27.8. The number of methoxy groups -OCH3 is 1. The van der Waals surface area contributed by atoms with Crippen LogP contribution in [0.1, 0.15) is 27.8 Å². The molecule has 0 unspecified atom stereocenters. The van der Waals surface area contributed by atoms with E-state index in [0.717, 1.165) is 54.0 Å². The second-order valence-electron chi connectivity index (χ2n) is 10.3. The van der Waals surface area contributed by atoms with Crippen LogP contribution in [0.2, 0.25) is 0 Å². The van der Waals surface area contributed by atoms with Crippen LogP contribution in [0.5, 0.6) is 11.5 Å². The van der Waals surface area contributed by atoms with Gasteiger partial charge in [0.05, 0.1) is 25.6 Å². The van der Waals surface area contributed by atoms with Gasteiger partial charge in [0.2, 0.25) is 4.80 Å². The van der Waals surface area contributed by atoms with E-state index in [1.807, 2.05) is 86.1 Å². The van der Waals surface area contributed by atoms with Gasteiger partial charge in [-0.25, -0.2) is 4.68 Å². The monoisotopic (exact) mass is 668 g/mol. The number of carbonyl (C=O) groups is 1. The molecule has 1 N–H and O–H groups in total. The first kappa shape index (κ1) is 31.0. The molecule has 9 heteroatoms. The molecular formula is C35H33BrN4O3S. The third kappa shape index (κ3) is 7.72. The van der Waals surface area contributed by atoms with E-state index in [1.54, 1.807) is 19.4 Å². The molecule has 0 bridgehead atoms. The summed E-state index contributed by atoms with van der Waals surface area (Å²) in [5, 5.41) is 9.87. The van der Waals surface area contributed by atoms with Crippen LogP contribution in [-0.4, -0.2) is 30.5 Å². The number of amides is 1. The van der Waals surface area contributed by atoms with Gasteiger partial charge in [0.1, 0.15) is 0 Å². The average molecular weight is 670 g/mol. The number of hydrogen-bond donors (Lipinski definition) is 1. The van der Waals surface area contributed by atoms with Crippen molar-refractivity contribution in [1.29, 1.82) is 0 Å². The number of hydrogen-bond acceptors (Lipinski definition) is 6. The van der Waals surface area contributed by atoms with E-state index in [4.69, 9.17) is 19.6 Å². The molecule has 5 aromatic rings. The van der Waals surface area contributed by atoms with Crippen molar-refractivity contribution < 1.29 is 14.3 Å². The van der Waals surface area contributed by atoms with Gasteiger partial charge in [-0.2, -0.15) is 5.10 Å². The van der Waals surface area contributed by atoms with Gasteiger partial charge in [-0.05, 0) is 73.4 Å². The molecule has 0 atom stereocenters. The van der Waals surface area contributed by atoms with Gasteiger partial charge in [0, 0.05) is 21.1 Å². The Hall–Kier alpha value is -4.47. The van der Waals surface area contributed by atoms with Crippen molar-refractivity contribution in [2.75, 3.05) is 19.0 Å². The third-order valence-corrected chi connectivity index (χ3v) is 8.20. The lowest BCUT2D eigenvalue weighted by Gasteiger charge is -2.14. The highest BCUT2D eigenvalue weighted by Gasteiger charge is 2.12. The number of ether oxygens (including phenoxy) is 2. The van der Waals surface area contributed by atoms with E-state index < -0.39 is 0 Å². The number of aryl methyl sites for hydroxylation is 3. The summed E-state index contributed by atoms with van der Waals surface area (Å²) < 4.78 is 14.3. The SMILES string of the molecule is COc1cc(/C=N/n2c(-c3cccc(Br)c3)csc2=NCc2ccccc2)ccc1OCC(=O)Nc1c(C)cc(C)cc1C. The van der Waals surface area contributed by atoms with Crippen LogP contribution in [0.4, 0.5) is 5.69 Å². The van der Waals surface area contributed by atoms with Gasteiger partial charge in [0.15, 0.2) is 18.1 Å². The van der Waals surface area contributed by atoms with Crippen LogP contribution in [-0.2, 0) is 11.3 Å². The molecule has 0 radical (unpaired) electrons. The lowest BCUT2D eigenvalue weighted by molar-refractivity contribution is -0.118. The molecule has 0 aliphatic rings. The largest absolute Gasteiger partial charge is 0.493 e. The normalized spacial score (nSPS) is 11.6. The molecule has 5 rings (SSSR count). The van der Waals surface area contributed by atoms with Crippen molar-refractivity contribution in [3.8, 4) is 22.8 Å². The van der Waals surface area contributed by atoms with Gasteiger partial charge in [-0.1, -0.05) is 76.1 Å². The minimum Gasteiger partial charge on any atom is -0.493 e. The predicted molar refractivity (Wildman–Crippen MR) is 182 cm³/mol. The average Bonchev–Trinajstić information content (AvgIpc) is 3.43. The molecule has 0 aliphatic heterocycles. The third-order valence-electron chi connectivity index (χ3n) is 6.86. The number of benzene rings is 4.